The molecule has 0 bridgehead atoms. The van der Waals surface area contributed by atoms with Gasteiger partial charge in [-0.25, -0.2) is 0 Å². The summed E-state index contributed by atoms with van der Waals surface area (Å²) >= 11 is 0. The van der Waals surface area contributed by atoms with E-state index in [1.54, 1.807) is 0 Å². The molecule has 1 aromatic rings. The molecule has 0 saturated carbocycles. The normalized spacial score (nSPS) is 10.4. The second-order valence-electron chi connectivity index (χ2n) is 2.58. The molecule has 0 aromatic heterocycles. The predicted molar refractivity (Wildman–Crippen MR) is 55.9 cm³/mol. The number of benzene rings is 1. The van der Waals surface area contributed by atoms with Gasteiger partial charge >= 0.3 is 0 Å². The van der Waals surface area contributed by atoms with Crippen molar-refractivity contribution in [2.75, 3.05) is 6.61 Å². The van der Waals surface area contributed by atoms with Crippen LogP contribution in [0.3, 0.4) is 0 Å². The molecule has 0 atom stereocenters. The molecule has 1 rings (SSSR count). The first kappa shape index (κ1) is 13.2. The van der Waals surface area contributed by atoms with Crippen LogP contribution in [0.25, 0.3) is 0 Å². The molecule has 1 aromatic carbocycles. The van der Waals surface area contributed by atoms with Crippen LogP contribution in [-0.2, 0) is 21.7 Å². The molecule has 0 N–H and O–H groups in total. The van der Waals surface area contributed by atoms with E-state index in [1.807, 2.05) is 61.6 Å². The molecule has 0 saturated heterocycles. The second-order valence-corrected chi connectivity index (χ2v) is 2.58. The minimum absolute atomic E-state index is 0. The summed E-state index contributed by atoms with van der Waals surface area (Å²) in [4.78, 5) is 0. The summed E-state index contributed by atoms with van der Waals surface area (Å²) in [5.74, 6) is 0.910. The molecule has 0 heterocycles. The van der Waals surface area contributed by atoms with Crippen molar-refractivity contribution in [3.8, 4) is 5.75 Å². The molecule has 0 radical (unpaired) electrons. The van der Waals surface area contributed by atoms with Crippen molar-refractivity contribution in [3.05, 3.63) is 54.6 Å². The molecule has 14 heavy (non-hydrogen) atoms. The monoisotopic (exact) mass is 222 g/mol. The molecule has 0 fully saturated rings. The van der Waals surface area contributed by atoms with Gasteiger partial charge in [0.05, 0.1) is 0 Å². The largest absolute Gasteiger partial charge is 0.490 e. The van der Waals surface area contributed by atoms with Gasteiger partial charge in [0, 0.05) is 21.7 Å². The third-order valence-electron chi connectivity index (χ3n) is 1.53. The van der Waals surface area contributed by atoms with Crippen LogP contribution >= 0.6 is 0 Å². The zero-order valence-electron chi connectivity index (χ0n) is 8.31. The van der Waals surface area contributed by atoms with Crippen LogP contribution in [0.15, 0.2) is 54.6 Å². The van der Waals surface area contributed by atoms with Crippen LogP contribution < -0.4 is 4.74 Å². The molecule has 1 nitrogen and oxygen atoms in total. The number of ether oxygens (including phenoxy) is 1. The third-order valence-corrected chi connectivity index (χ3v) is 1.53. The number of allylic oxidation sites excluding steroid dienone is 3. The maximum Gasteiger partial charge on any atom is 0.119 e. The smallest absolute Gasteiger partial charge is 0.119 e. The van der Waals surface area contributed by atoms with Crippen LogP contribution in [0.2, 0.25) is 0 Å². The van der Waals surface area contributed by atoms with E-state index in [2.05, 4.69) is 0 Å². The SMILES string of the molecule is CC=CC=CCOc1ccccc1.[Ti]. The summed E-state index contributed by atoms with van der Waals surface area (Å²) in [5.41, 5.74) is 0. The maximum atomic E-state index is 5.43. The molecule has 2 heteroatoms. The average Bonchev–Trinajstić information content (AvgIpc) is 2.19. The Bertz CT molecular complexity index is 278. The Morgan fingerprint density at radius 3 is 2.50 bits per heavy atom. The van der Waals surface area contributed by atoms with Gasteiger partial charge in [0.1, 0.15) is 12.4 Å². The van der Waals surface area contributed by atoms with Crippen LogP contribution in [0.5, 0.6) is 5.75 Å². The summed E-state index contributed by atoms with van der Waals surface area (Å²) in [6, 6.07) is 9.80. The standard InChI is InChI=1S/C12H14O.Ti/c1-2-3-4-8-11-13-12-9-6-5-7-10-12;/h2-10H,11H2,1H3;. The van der Waals surface area contributed by atoms with E-state index in [4.69, 9.17) is 4.74 Å². The van der Waals surface area contributed by atoms with Crippen molar-refractivity contribution in [2.24, 2.45) is 0 Å². The van der Waals surface area contributed by atoms with Crippen molar-refractivity contribution < 1.29 is 26.5 Å². The molecule has 72 valence electrons. The van der Waals surface area contributed by atoms with Gasteiger partial charge in [-0.2, -0.15) is 0 Å². The Morgan fingerprint density at radius 2 is 1.86 bits per heavy atom. The first-order chi connectivity index (χ1) is 6.43. The van der Waals surface area contributed by atoms with E-state index >= 15 is 0 Å². The zero-order valence-corrected chi connectivity index (χ0v) is 9.87. The van der Waals surface area contributed by atoms with Crippen molar-refractivity contribution in [3.63, 3.8) is 0 Å². The average molecular weight is 222 g/mol. The van der Waals surface area contributed by atoms with E-state index < -0.39 is 0 Å². The summed E-state index contributed by atoms with van der Waals surface area (Å²) in [6.45, 7) is 2.61. The van der Waals surface area contributed by atoms with Crippen LogP contribution in [0, 0.1) is 0 Å². The number of hydrogen-bond acceptors (Lipinski definition) is 1. The van der Waals surface area contributed by atoms with E-state index in [0.717, 1.165) is 5.75 Å². The van der Waals surface area contributed by atoms with Crippen molar-refractivity contribution in [1.29, 1.82) is 0 Å². The van der Waals surface area contributed by atoms with Gasteiger partial charge in [0.15, 0.2) is 0 Å². The number of rotatable bonds is 4. The summed E-state index contributed by atoms with van der Waals surface area (Å²) < 4.78 is 5.43. The minimum Gasteiger partial charge on any atom is -0.490 e. The van der Waals surface area contributed by atoms with Crippen LogP contribution in [-0.4, -0.2) is 6.61 Å². The molecular weight excluding hydrogens is 208 g/mol. The fraction of sp³-hybridized carbons (Fsp3) is 0.167. The Morgan fingerprint density at radius 1 is 1.14 bits per heavy atom. The first-order valence-electron chi connectivity index (χ1n) is 4.39. The van der Waals surface area contributed by atoms with E-state index in [0.29, 0.717) is 6.61 Å². The molecule has 0 aliphatic rings. The maximum absolute atomic E-state index is 5.43. The third kappa shape index (κ3) is 5.79. The number of para-hydroxylation sites is 1. The Kier molecular flexibility index (Phi) is 8.30. The second kappa shape index (κ2) is 8.80. The number of hydrogen-bond donors (Lipinski definition) is 0. The fourth-order valence-corrected chi connectivity index (χ4v) is 0.906. The quantitative estimate of drug-likeness (QED) is 0.561. The van der Waals surface area contributed by atoms with Crippen molar-refractivity contribution in [1.82, 2.24) is 0 Å². The molecule has 0 amide bonds. The van der Waals surface area contributed by atoms with Gasteiger partial charge in [0.2, 0.25) is 0 Å². The Balaban J connectivity index is 0.00000169. The van der Waals surface area contributed by atoms with E-state index in [1.165, 1.54) is 0 Å². The molecule has 0 aliphatic carbocycles. The summed E-state index contributed by atoms with van der Waals surface area (Å²) in [6.07, 6.45) is 7.92. The predicted octanol–water partition coefficient (Wildman–Crippen LogP) is 3.20. The molecule has 0 spiro atoms. The summed E-state index contributed by atoms with van der Waals surface area (Å²) in [5, 5.41) is 0. The van der Waals surface area contributed by atoms with Gasteiger partial charge in [-0.05, 0) is 25.1 Å². The minimum atomic E-state index is 0. The van der Waals surface area contributed by atoms with Gasteiger partial charge < -0.3 is 4.74 Å². The zero-order chi connectivity index (χ0) is 9.36. The Labute approximate surface area is 100 Å². The van der Waals surface area contributed by atoms with Gasteiger partial charge in [-0.15, -0.1) is 0 Å². The van der Waals surface area contributed by atoms with E-state index in [9.17, 15) is 0 Å². The topological polar surface area (TPSA) is 9.23 Å². The van der Waals surface area contributed by atoms with Gasteiger partial charge in [0.25, 0.3) is 0 Å². The summed E-state index contributed by atoms with van der Waals surface area (Å²) in [7, 11) is 0. The first-order valence-corrected chi connectivity index (χ1v) is 4.39. The van der Waals surface area contributed by atoms with Crippen molar-refractivity contribution in [2.45, 2.75) is 6.92 Å². The van der Waals surface area contributed by atoms with E-state index in [-0.39, 0.29) is 21.7 Å². The molecule has 0 aliphatic heterocycles. The molecule has 0 unspecified atom stereocenters. The van der Waals surface area contributed by atoms with Crippen LogP contribution in [0.4, 0.5) is 0 Å². The molecular formula is C12H14OTi. The van der Waals surface area contributed by atoms with Crippen molar-refractivity contribution >= 4 is 0 Å². The van der Waals surface area contributed by atoms with Gasteiger partial charge in [-0.3, -0.25) is 0 Å². The Hall–Kier alpha value is -0.786. The van der Waals surface area contributed by atoms with Gasteiger partial charge in [-0.1, -0.05) is 36.4 Å². The fourth-order valence-electron chi connectivity index (χ4n) is 0.906. The van der Waals surface area contributed by atoms with Crippen LogP contribution in [0.1, 0.15) is 6.92 Å².